The van der Waals surface area contributed by atoms with E-state index in [9.17, 15) is 18.6 Å². The third-order valence-electron chi connectivity index (χ3n) is 12.3. The number of aryl methyl sites for hydroxylation is 1. The molecule has 0 amide bonds. The summed E-state index contributed by atoms with van der Waals surface area (Å²) in [7, 11) is -3.61. The molecule has 0 aromatic heterocycles. The lowest BCUT2D eigenvalue weighted by atomic mass is 9.63. The molecule has 1 spiro atoms. The number of aliphatic hydroxyl groups is 2. The smallest absolute Gasteiger partial charge is 0.214 e. The van der Waals surface area contributed by atoms with Gasteiger partial charge in [0.2, 0.25) is 10.0 Å². The molecule has 2 aromatic carbocycles. The minimum atomic E-state index is -3.61. The van der Waals surface area contributed by atoms with Gasteiger partial charge in [-0.3, -0.25) is 4.90 Å². The predicted molar refractivity (Wildman–Crippen MR) is 193 cm³/mol. The molecule has 49 heavy (non-hydrogen) atoms. The summed E-state index contributed by atoms with van der Waals surface area (Å²) in [4.78, 5) is 4.63. The Labute approximate surface area is 296 Å². The number of benzene rings is 2. The third-order valence-corrected chi connectivity index (χ3v) is 14.5. The zero-order valence-corrected chi connectivity index (χ0v) is 30.4. The summed E-state index contributed by atoms with van der Waals surface area (Å²) < 4.78 is 42.2. The van der Waals surface area contributed by atoms with Gasteiger partial charge in [0.1, 0.15) is 5.75 Å². The van der Waals surface area contributed by atoms with Gasteiger partial charge in [0, 0.05) is 43.2 Å². The van der Waals surface area contributed by atoms with E-state index < -0.39 is 20.9 Å². The van der Waals surface area contributed by atoms with E-state index in [0.717, 1.165) is 67.2 Å². The average Bonchev–Trinajstić information content (AvgIpc) is 3.21. The van der Waals surface area contributed by atoms with Crippen LogP contribution in [0.1, 0.15) is 62.6 Å². The van der Waals surface area contributed by atoms with Crippen LogP contribution in [-0.4, -0.2) is 93.0 Å². The monoisotopic (exact) mass is 713 g/mol. The van der Waals surface area contributed by atoms with Crippen LogP contribution in [0.25, 0.3) is 0 Å². The molecule has 268 valence electrons. The minimum Gasteiger partial charge on any atom is -0.490 e. The van der Waals surface area contributed by atoms with Crippen molar-refractivity contribution in [3.63, 3.8) is 0 Å². The SMILES string of the molecule is C[C@@H]1[C@@H](C)C/C=C/[C@@](O)(CN2CCOC[C@H]2CO)[C@@H]2CC[C@H]2CN2C[C@@]3(CCCc4cc(Cl)ccc43)COc3ccc(cc32)CNS1(=O)=O. The highest BCUT2D eigenvalue weighted by atomic mass is 35.5. The first-order valence-corrected chi connectivity index (χ1v) is 20.0. The van der Waals surface area contributed by atoms with Crippen molar-refractivity contribution in [2.24, 2.45) is 17.8 Å². The van der Waals surface area contributed by atoms with Crippen LogP contribution in [0.15, 0.2) is 48.6 Å². The first-order chi connectivity index (χ1) is 23.5. The molecule has 2 aliphatic carbocycles. The second-order valence-corrected chi connectivity index (χ2v) is 18.0. The third kappa shape index (κ3) is 7.04. The summed E-state index contributed by atoms with van der Waals surface area (Å²) in [5, 5.41) is 23.0. The molecule has 0 unspecified atom stereocenters. The summed E-state index contributed by atoms with van der Waals surface area (Å²) in [5.74, 6) is 0.877. The Bertz CT molecular complexity index is 1660. The van der Waals surface area contributed by atoms with Gasteiger partial charge in [-0.05, 0) is 104 Å². The Morgan fingerprint density at radius 1 is 1.14 bits per heavy atom. The number of nitrogens with zero attached hydrogens (tertiary/aromatic N) is 2. The quantitative estimate of drug-likeness (QED) is 0.394. The van der Waals surface area contributed by atoms with Crippen molar-refractivity contribution in [1.82, 2.24) is 9.62 Å². The molecule has 5 aliphatic rings. The Morgan fingerprint density at radius 3 is 2.80 bits per heavy atom. The van der Waals surface area contributed by atoms with Crippen molar-refractivity contribution in [3.05, 3.63) is 70.3 Å². The van der Waals surface area contributed by atoms with Gasteiger partial charge in [-0.15, -0.1) is 0 Å². The highest BCUT2D eigenvalue weighted by Gasteiger charge is 2.49. The molecule has 7 rings (SSSR count). The van der Waals surface area contributed by atoms with Gasteiger partial charge < -0.3 is 24.6 Å². The Balaban J connectivity index is 1.28. The number of ether oxygens (including phenoxy) is 2. The number of rotatable bonds is 3. The lowest BCUT2D eigenvalue weighted by Gasteiger charge is -2.51. The largest absolute Gasteiger partial charge is 0.490 e. The molecule has 2 aromatic rings. The molecule has 1 saturated heterocycles. The van der Waals surface area contributed by atoms with Gasteiger partial charge in [-0.2, -0.15) is 0 Å². The number of fused-ring (bicyclic) bond motifs is 4. The summed E-state index contributed by atoms with van der Waals surface area (Å²) in [6, 6.07) is 12.2. The van der Waals surface area contributed by atoms with Crippen molar-refractivity contribution in [2.75, 3.05) is 57.5 Å². The second-order valence-electron chi connectivity index (χ2n) is 15.4. The normalized spacial score (nSPS) is 35.7. The molecular formula is C38H52ClN3O6S. The van der Waals surface area contributed by atoms with Gasteiger partial charge >= 0.3 is 0 Å². The zero-order valence-electron chi connectivity index (χ0n) is 28.8. The van der Waals surface area contributed by atoms with E-state index in [1.807, 2.05) is 37.3 Å². The van der Waals surface area contributed by atoms with Crippen molar-refractivity contribution < 1.29 is 28.1 Å². The van der Waals surface area contributed by atoms with Gasteiger partial charge in [0.15, 0.2) is 0 Å². The van der Waals surface area contributed by atoms with Crippen LogP contribution in [-0.2, 0) is 33.1 Å². The maximum atomic E-state index is 13.5. The highest BCUT2D eigenvalue weighted by Crippen LogP contribution is 2.48. The number of aliphatic hydroxyl groups excluding tert-OH is 1. The maximum absolute atomic E-state index is 13.5. The van der Waals surface area contributed by atoms with Crippen molar-refractivity contribution in [1.29, 1.82) is 0 Å². The molecule has 7 atom stereocenters. The number of halogens is 1. The van der Waals surface area contributed by atoms with Crippen LogP contribution < -0.4 is 14.4 Å². The number of allylic oxidation sites excluding steroid dienone is 1. The fraction of sp³-hybridized carbons (Fsp3) is 0.632. The number of anilines is 1. The highest BCUT2D eigenvalue weighted by molar-refractivity contribution is 7.90. The molecule has 3 heterocycles. The maximum Gasteiger partial charge on any atom is 0.214 e. The standard InChI is InChI=1S/C38H52ClN3O6S/c1-26-5-3-14-38(44,24-41-15-16-47-22-32(41)21-43)34-10-8-30(34)20-42-23-37(13-4-6-29-18-31(39)9-11-33(29)37)25-48-36-12-7-28(17-35(36)42)19-40-49(45,46)27(26)2/h3,7,9,11-12,14,17-18,26-27,30,32,34,40,43-44H,4-6,8,10,13,15-16,19-25H2,1-2H3/b14-3+/t26-,27+,30-,32+,34+,37-,38+/m0/s1. The van der Waals surface area contributed by atoms with Gasteiger partial charge in [0.05, 0.1) is 49.0 Å². The number of hydrogen-bond donors (Lipinski definition) is 3. The van der Waals surface area contributed by atoms with E-state index in [0.29, 0.717) is 39.3 Å². The molecule has 2 bridgehead atoms. The molecular weight excluding hydrogens is 662 g/mol. The molecule has 1 saturated carbocycles. The number of nitrogens with one attached hydrogen (secondary N) is 1. The van der Waals surface area contributed by atoms with Crippen molar-refractivity contribution in [3.8, 4) is 5.75 Å². The fourth-order valence-electron chi connectivity index (χ4n) is 8.98. The molecule has 0 radical (unpaired) electrons. The lowest BCUT2D eigenvalue weighted by Crippen LogP contribution is -2.59. The summed E-state index contributed by atoms with van der Waals surface area (Å²) in [6.07, 6.45) is 9.41. The first-order valence-electron chi connectivity index (χ1n) is 18.1. The Kier molecular flexibility index (Phi) is 10.1. The van der Waals surface area contributed by atoms with E-state index in [4.69, 9.17) is 21.1 Å². The van der Waals surface area contributed by atoms with Gasteiger partial charge in [-0.1, -0.05) is 42.8 Å². The molecule has 3 N–H and O–H groups in total. The predicted octanol–water partition coefficient (Wildman–Crippen LogP) is 4.67. The second kappa shape index (κ2) is 14.1. The Hall–Kier alpha value is -2.18. The Morgan fingerprint density at radius 2 is 2.00 bits per heavy atom. The van der Waals surface area contributed by atoms with Gasteiger partial charge in [0.25, 0.3) is 0 Å². The van der Waals surface area contributed by atoms with E-state index in [2.05, 4.69) is 32.7 Å². The van der Waals surface area contributed by atoms with E-state index >= 15 is 0 Å². The number of morpholine rings is 1. The fourth-order valence-corrected chi connectivity index (χ4v) is 10.5. The number of hydrogen-bond acceptors (Lipinski definition) is 8. The molecule has 9 nitrogen and oxygen atoms in total. The van der Waals surface area contributed by atoms with Crippen LogP contribution in [0.5, 0.6) is 5.75 Å². The molecule has 11 heteroatoms. The van der Waals surface area contributed by atoms with Crippen LogP contribution in [0.3, 0.4) is 0 Å². The van der Waals surface area contributed by atoms with Crippen LogP contribution in [0.4, 0.5) is 5.69 Å². The lowest BCUT2D eigenvalue weighted by molar-refractivity contribution is -0.0995. The summed E-state index contributed by atoms with van der Waals surface area (Å²) >= 11 is 6.47. The first kappa shape index (κ1) is 35.2. The summed E-state index contributed by atoms with van der Waals surface area (Å²) in [6.45, 7) is 7.98. The van der Waals surface area contributed by atoms with E-state index in [-0.39, 0.29) is 42.4 Å². The number of sulfonamides is 1. The van der Waals surface area contributed by atoms with Crippen molar-refractivity contribution in [2.45, 2.75) is 81.2 Å². The summed E-state index contributed by atoms with van der Waals surface area (Å²) in [5.41, 5.74) is 3.06. The molecule has 3 aliphatic heterocycles. The zero-order chi connectivity index (χ0) is 34.4. The molecule has 2 fully saturated rings. The average molecular weight is 714 g/mol. The van der Waals surface area contributed by atoms with E-state index in [1.165, 1.54) is 11.1 Å². The topological polar surface area (TPSA) is 112 Å². The number of β-amino-alcohol motifs (C(OH)–C–C–N with tert-alkyl or cyclic N) is 1. The van der Waals surface area contributed by atoms with Crippen LogP contribution in [0, 0.1) is 17.8 Å². The van der Waals surface area contributed by atoms with Crippen LogP contribution >= 0.6 is 11.6 Å². The van der Waals surface area contributed by atoms with Gasteiger partial charge in [-0.25, -0.2) is 13.1 Å². The van der Waals surface area contributed by atoms with Crippen molar-refractivity contribution >= 4 is 27.3 Å². The van der Waals surface area contributed by atoms with E-state index in [1.54, 1.807) is 6.92 Å². The minimum absolute atomic E-state index is 0.00109. The van der Waals surface area contributed by atoms with Crippen LogP contribution in [0.2, 0.25) is 5.02 Å².